The number of nitrogens with zero attached hydrogens (tertiary/aromatic N) is 1. The van der Waals surface area contributed by atoms with Crippen molar-refractivity contribution in [1.29, 1.82) is 0 Å². The van der Waals surface area contributed by atoms with Gasteiger partial charge >= 0.3 is 6.18 Å². The van der Waals surface area contributed by atoms with Gasteiger partial charge in [0.2, 0.25) is 5.91 Å². The Labute approximate surface area is 185 Å². The Morgan fingerprint density at radius 1 is 0.969 bits per heavy atom. The Kier molecular flexibility index (Phi) is 8.27. The normalized spacial score (nSPS) is 14.9. The van der Waals surface area contributed by atoms with Crippen LogP contribution in [0.2, 0.25) is 0 Å². The summed E-state index contributed by atoms with van der Waals surface area (Å²) in [4.78, 5) is 26.7. The van der Waals surface area contributed by atoms with Crippen LogP contribution in [0, 0.1) is 0 Å². The molecule has 8 heteroatoms. The summed E-state index contributed by atoms with van der Waals surface area (Å²) in [5.41, 5.74) is 2.18. The van der Waals surface area contributed by atoms with Crippen LogP contribution in [0.5, 0.6) is 0 Å². The lowest BCUT2D eigenvalue weighted by Gasteiger charge is -2.32. The zero-order chi connectivity index (χ0) is 23.0. The lowest BCUT2D eigenvalue weighted by molar-refractivity contribution is -0.176. The molecule has 0 aliphatic carbocycles. The maximum absolute atomic E-state index is 12.7. The number of ether oxygens (including phenoxy) is 1. The van der Waals surface area contributed by atoms with Gasteiger partial charge in [-0.2, -0.15) is 13.2 Å². The molecule has 1 heterocycles. The molecule has 0 atom stereocenters. The predicted molar refractivity (Wildman–Crippen MR) is 114 cm³/mol. The largest absolute Gasteiger partial charge is 0.411 e. The third kappa shape index (κ3) is 7.67. The minimum absolute atomic E-state index is 0.0157. The molecule has 0 spiro atoms. The lowest BCUT2D eigenvalue weighted by atomic mass is 10.0. The van der Waals surface area contributed by atoms with E-state index in [9.17, 15) is 22.8 Å². The van der Waals surface area contributed by atoms with Crippen LogP contribution in [0.1, 0.15) is 40.7 Å². The quantitative estimate of drug-likeness (QED) is 0.661. The summed E-state index contributed by atoms with van der Waals surface area (Å²) in [6.07, 6.45) is -1.86. The maximum Gasteiger partial charge on any atom is 0.411 e. The smallest absolute Gasteiger partial charge is 0.367 e. The van der Waals surface area contributed by atoms with E-state index in [1.807, 2.05) is 30.3 Å². The monoisotopic (exact) mass is 448 g/mol. The van der Waals surface area contributed by atoms with E-state index in [1.54, 1.807) is 29.2 Å². The highest BCUT2D eigenvalue weighted by Gasteiger charge is 2.27. The van der Waals surface area contributed by atoms with Crippen molar-refractivity contribution < 1.29 is 27.5 Å². The first-order valence-corrected chi connectivity index (χ1v) is 10.7. The molecule has 172 valence electrons. The molecule has 1 N–H and O–H groups in total. The Morgan fingerprint density at radius 2 is 1.62 bits per heavy atom. The highest BCUT2D eigenvalue weighted by atomic mass is 19.4. The first-order chi connectivity index (χ1) is 15.3. The highest BCUT2D eigenvalue weighted by Crippen LogP contribution is 2.17. The van der Waals surface area contributed by atoms with Gasteiger partial charge in [0.25, 0.3) is 5.91 Å². The van der Waals surface area contributed by atoms with E-state index in [-0.39, 0.29) is 24.5 Å². The van der Waals surface area contributed by atoms with Crippen LogP contribution in [-0.2, 0) is 22.6 Å². The molecule has 1 fully saturated rings. The van der Waals surface area contributed by atoms with Gasteiger partial charge in [-0.25, -0.2) is 0 Å². The molecule has 5 nitrogen and oxygen atoms in total. The number of hydrogen-bond donors (Lipinski definition) is 1. The van der Waals surface area contributed by atoms with E-state index in [4.69, 9.17) is 0 Å². The number of likely N-dealkylation sites (tertiary alicyclic amines) is 1. The summed E-state index contributed by atoms with van der Waals surface area (Å²) >= 11 is 0. The second-order valence-electron chi connectivity index (χ2n) is 7.92. The average molecular weight is 448 g/mol. The summed E-state index contributed by atoms with van der Waals surface area (Å²) in [6, 6.07) is 16.3. The van der Waals surface area contributed by atoms with Crippen molar-refractivity contribution in [1.82, 2.24) is 10.2 Å². The van der Waals surface area contributed by atoms with Gasteiger partial charge in [0.15, 0.2) is 0 Å². The minimum Gasteiger partial charge on any atom is -0.367 e. The number of carbonyl (C=O) groups excluding carboxylic acids is 2. The van der Waals surface area contributed by atoms with Crippen LogP contribution in [0.3, 0.4) is 0 Å². The number of piperidine rings is 1. The molecule has 0 saturated carbocycles. The van der Waals surface area contributed by atoms with E-state index < -0.39 is 12.8 Å². The van der Waals surface area contributed by atoms with Crippen molar-refractivity contribution in [2.75, 3.05) is 19.7 Å². The average Bonchev–Trinajstić information content (AvgIpc) is 2.78. The first kappa shape index (κ1) is 23.8. The number of rotatable bonds is 8. The zero-order valence-corrected chi connectivity index (χ0v) is 17.7. The van der Waals surface area contributed by atoms with Crippen molar-refractivity contribution in [2.24, 2.45) is 0 Å². The number of halogens is 3. The number of nitrogens with one attached hydrogen (secondary N) is 1. The zero-order valence-electron chi connectivity index (χ0n) is 17.7. The van der Waals surface area contributed by atoms with E-state index in [0.29, 0.717) is 49.9 Å². The highest BCUT2D eigenvalue weighted by molar-refractivity contribution is 5.94. The van der Waals surface area contributed by atoms with Crippen molar-refractivity contribution in [2.45, 2.75) is 44.5 Å². The van der Waals surface area contributed by atoms with Crippen LogP contribution in [-0.4, -0.2) is 48.6 Å². The van der Waals surface area contributed by atoms with Gasteiger partial charge in [-0.1, -0.05) is 42.5 Å². The van der Waals surface area contributed by atoms with Crippen LogP contribution < -0.4 is 5.32 Å². The fourth-order valence-electron chi connectivity index (χ4n) is 3.64. The second kappa shape index (κ2) is 11.1. The van der Waals surface area contributed by atoms with Gasteiger partial charge in [-0.15, -0.1) is 0 Å². The second-order valence-corrected chi connectivity index (χ2v) is 7.92. The topological polar surface area (TPSA) is 58.6 Å². The molecule has 0 unspecified atom stereocenters. The molecule has 2 amide bonds. The van der Waals surface area contributed by atoms with E-state index in [2.05, 4.69) is 10.1 Å². The molecule has 1 aliphatic rings. The number of carbonyl (C=O) groups is 2. The van der Waals surface area contributed by atoms with Crippen LogP contribution in [0.15, 0.2) is 54.6 Å². The summed E-state index contributed by atoms with van der Waals surface area (Å²) < 4.78 is 41.1. The summed E-state index contributed by atoms with van der Waals surface area (Å²) in [5, 5.41) is 3.06. The van der Waals surface area contributed by atoms with E-state index in [1.165, 1.54) is 0 Å². The van der Waals surface area contributed by atoms with Gasteiger partial charge in [0.1, 0.15) is 6.61 Å². The lowest BCUT2D eigenvalue weighted by Crippen LogP contribution is -2.46. The fourth-order valence-corrected chi connectivity index (χ4v) is 3.64. The van der Waals surface area contributed by atoms with Crippen molar-refractivity contribution >= 4 is 11.8 Å². The molecule has 1 saturated heterocycles. The molecule has 2 aromatic carbocycles. The molecule has 0 radical (unpaired) electrons. The number of aryl methyl sites for hydroxylation is 1. The van der Waals surface area contributed by atoms with Gasteiger partial charge in [0, 0.05) is 31.1 Å². The maximum atomic E-state index is 12.7. The third-order valence-corrected chi connectivity index (χ3v) is 5.37. The SMILES string of the molecule is O=C(CCc1ccccc1)NC1CCN(C(=O)c2ccc(COCC(F)(F)F)cc2)CC1. The first-order valence-electron chi connectivity index (χ1n) is 10.7. The Morgan fingerprint density at radius 3 is 2.25 bits per heavy atom. The molecule has 32 heavy (non-hydrogen) atoms. The number of benzene rings is 2. The molecule has 0 aromatic heterocycles. The van der Waals surface area contributed by atoms with Gasteiger partial charge in [-0.05, 0) is 42.5 Å². The molecule has 0 bridgehead atoms. The molecule has 2 aromatic rings. The standard InChI is InChI=1S/C24H27F3N2O3/c25-24(26,27)17-32-16-19-6-9-20(10-7-19)23(31)29-14-12-21(13-15-29)28-22(30)11-8-18-4-2-1-3-5-18/h1-7,9-10,21H,8,11-17H2,(H,28,30). The van der Waals surface area contributed by atoms with Crippen molar-refractivity contribution in [3.8, 4) is 0 Å². The van der Waals surface area contributed by atoms with Crippen LogP contribution in [0.25, 0.3) is 0 Å². The summed E-state index contributed by atoms with van der Waals surface area (Å²) in [5.74, 6) is -0.108. The minimum atomic E-state index is -4.36. The van der Waals surface area contributed by atoms with Crippen molar-refractivity contribution in [3.63, 3.8) is 0 Å². The number of hydrogen-bond acceptors (Lipinski definition) is 3. The molecule has 1 aliphatic heterocycles. The number of alkyl halides is 3. The predicted octanol–water partition coefficient (Wildman–Crippen LogP) is 4.12. The van der Waals surface area contributed by atoms with E-state index in [0.717, 1.165) is 5.56 Å². The summed E-state index contributed by atoms with van der Waals surface area (Å²) in [7, 11) is 0. The number of amides is 2. The van der Waals surface area contributed by atoms with Gasteiger partial charge in [0.05, 0.1) is 6.61 Å². The van der Waals surface area contributed by atoms with Crippen molar-refractivity contribution in [3.05, 3.63) is 71.3 Å². The van der Waals surface area contributed by atoms with Gasteiger partial charge in [-0.3, -0.25) is 9.59 Å². The Bertz CT molecular complexity index is 878. The van der Waals surface area contributed by atoms with E-state index >= 15 is 0 Å². The molecule has 3 rings (SSSR count). The molecular formula is C24H27F3N2O3. The summed E-state index contributed by atoms with van der Waals surface area (Å²) in [6.45, 7) is -0.382. The Hall–Kier alpha value is -2.87. The van der Waals surface area contributed by atoms with Crippen LogP contribution >= 0.6 is 0 Å². The Balaban J connectivity index is 1.39. The molecular weight excluding hydrogens is 421 g/mol. The van der Waals surface area contributed by atoms with Crippen LogP contribution in [0.4, 0.5) is 13.2 Å². The third-order valence-electron chi connectivity index (χ3n) is 5.37. The fraction of sp³-hybridized carbons (Fsp3) is 0.417. The van der Waals surface area contributed by atoms with Gasteiger partial charge < -0.3 is 15.0 Å².